The van der Waals surface area contributed by atoms with Crippen LogP contribution in [0, 0.1) is 6.92 Å². The Morgan fingerprint density at radius 3 is 2.90 bits per heavy atom. The first kappa shape index (κ1) is 14.3. The molecule has 2 aromatic rings. The number of nitrogens with zero attached hydrogens (tertiary/aromatic N) is 2. The van der Waals surface area contributed by atoms with E-state index in [1.54, 1.807) is 17.9 Å². The van der Waals surface area contributed by atoms with E-state index in [1.165, 1.54) is 0 Å². The average molecular weight is 273 g/mol. The molecule has 1 amide bonds. The Labute approximate surface area is 118 Å². The molecule has 0 aliphatic heterocycles. The van der Waals surface area contributed by atoms with Crippen LogP contribution in [-0.2, 0) is 17.9 Å². The van der Waals surface area contributed by atoms with Gasteiger partial charge in [0.1, 0.15) is 5.69 Å². The van der Waals surface area contributed by atoms with Gasteiger partial charge in [0.15, 0.2) is 0 Å². The van der Waals surface area contributed by atoms with E-state index in [-0.39, 0.29) is 5.91 Å². The van der Waals surface area contributed by atoms with Gasteiger partial charge in [0.2, 0.25) is 0 Å². The van der Waals surface area contributed by atoms with Crippen LogP contribution >= 0.6 is 0 Å². The van der Waals surface area contributed by atoms with Crippen LogP contribution in [0.5, 0.6) is 0 Å². The van der Waals surface area contributed by atoms with E-state index in [0.29, 0.717) is 18.8 Å². The maximum Gasteiger partial charge on any atom is 0.273 e. The normalized spacial score (nSPS) is 10.6. The molecular formula is C15H19N3O2. The van der Waals surface area contributed by atoms with Crippen LogP contribution in [0.25, 0.3) is 0 Å². The van der Waals surface area contributed by atoms with Crippen molar-refractivity contribution < 1.29 is 9.53 Å². The second-order valence-electron chi connectivity index (χ2n) is 4.57. The molecule has 0 fully saturated rings. The minimum Gasteiger partial charge on any atom is -0.380 e. The zero-order valence-corrected chi connectivity index (χ0v) is 12.0. The number of hydrogen-bond acceptors (Lipinski definition) is 3. The third-order valence-electron chi connectivity index (χ3n) is 2.93. The van der Waals surface area contributed by atoms with E-state index in [4.69, 9.17) is 4.74 Å². The van der Waals surface area contributed by atoms with E-state index in [1.807, 2.05) is 38.1 Å². The standard InChI is InChI=1S/C15H19N3O2/c1-4-18-14(8-11(2)17-18)15(19)16-13-7-5-6-12(9-13)10-20-3/h5-9H,4,10H2,1-3H3,(H,16,19). The number of hydrogen-bond donors (Lipinski definition) is 1. The zero-order valence-electron chi connectivity index (χ0n) is 12.0. The maximum absolute atomic E-state index is 12.3. The largest absolute Gasteiger partial charge is 0.380 e. The Hall–Kier alpha value is -2.14. The molecule has 106 valence electrons. The van der Waals surface area contributed by atoms with Gasteiger partial charge in [0.25, 0.3) is 5.91 Å². The third-order valence-corrected chi connectivity index (χ3v) is 2.93. The number of benzene rings is 1. The quantitative estimate of drug-likeness (QED) is 0.911. The van der Waals surface area contributed by atoms with Gasteiger partial charge in [-0.2, -0.15) is 5.10 Å². The van der Waals surface area contributed by atoms with Crippen molar-refractivity contribution >= 4 is 11.6 Å². The van der Waals surface area contributed by atoms with Gasteiger partial charge >= 0.3 is 0 Å². The second kappa shape index (κ2) is 6.34. The van der Waals surface area contributed by atoms with E-state index in [2.05, 4.69) is 10.4 Å². The molecule has 0 spiro atoms. The monoisotopic (exact) mass is 273 g/mol. The Bertz CT molecular complexity index is 605. The van der Waals surface area contributed by atoms with E-state index >= 15 is 0 Å². The number of amides is 1. The fraction of sp³-hybridized carbons (Fsp3) is 0.333. The first-order valence-electron chi connectivity index (χ1n) is 6.57. The number of methoxy groups -OCH3 is 1. The highest BCUT2D eigenvalue weighted by Crippen LogP contribution is 2.13. The molecule has 5 nitrogen and oxygen atoms in total. The van der Waals surface area contributed by atoms with Crippen molar-refractivity contribution in [3.05, 3.63) is 47.3 Å². The highest BCUT2D eigenvalue weighted by atomic mass is 16.5. The molecule has 1 N–H and O–H groups in total. The number of aromatic nitrogens is 2. The minimum atomic E-state index is -0.151. The smallest absolute Gasteiger partial charge is 0.273 e. The van der Waals surface area contributed by atoms with Crippen LogP contribution in [0.1, 0.15) is 28.7 Å². The summed E-state index contributed by atoms with van der Waals surface area (Å²) in [5, 5.41) is 7.16. The predicted octanol–water partition coefficient (Wildman–Crippen LogP) is 2.61. The molecule has 0 atom stereocenters. The van der Waals surface area contributed by atoms with Gasteiger partial charge in [-0.25, -0.2) is 0 Å². The Morgan fingerprint density at radius 2 is 2.20 bits per heavy atom. The van der Waals surface area contributed by atoms with Crippen molar-refractivity contribution in [3.63, 3.8) is 0 Å². The van der Waals surface area contributed by atoms with E-state index in [0.717, 1.165) is 16.9 Å². The van der Waals surface area contributed by atoms with Crippen LogP contribution in [0.4, 0.5) is 5.69 Å². The number of ether oxygens (including phenoxy) is 1. The van der Waals surface area contributed by atoms with Gasteiger partial charge in [-0.15, -0.1) is 0 Å². The van der Waals surface area contributed by atoms with Crippen LogP contribution < -0.4 is 5.32 Å². The van der Waals surface area contributed by atoms with Crippen LogP contribution in [0.3, 0.4) is 0 Å². The zero-order chi connectivity index (χ0) is 14.5. The SMILES string of the molecule is CCn1nc(C)cc1C(=O)Nc1cccc(COC)c1. The molecule has 1 aromatic carbocycles. The van der Waals surface area contributed by atoms with Gasteiger partial charge in [0.05, 0.1) is 12.3 Å². The number of rotatable bonds is 5. The van der Waals surface area contributed by atoms with Gasteiger partial charge < -0.3 is 10.1 Å². The topological polar surface area (TPSA) is 56.2 Å². The first-order valence-corrected chi connectivity index (χ1v) is 6.57. The summed E-state index contributed by atoms with van der Waals surface area (Å²) in [6.45, 7) is 5.03. The molecule has 0 radical (unpaired) electrons. The van der Waals surface area contributed by atoms with Crippen LogP contribution in [0.2, 0.25) is 0 Å². The highest BCUT2D eigenvalue weighted by molar-refractivity contribution is 6.03. The summed E-state index contributed by atoms with van der Waals surface area (Å²) in [6.07, 6.45) is 0. The molecular weight excluding hydrogens is 254 g/mol. The fourth-order valence-corrected chi connectivity index (χ4v) is 2.07. The lowest BCUT2D eigenvalue weighted by atomic mass is 10.2. The Balaban J connectivity index is 2.16. The molecule has 0 unspecified atom stereocenters. The molecule has 1 aromatic heterocycles. The predicted molar refractivity (Wildman–Crippen MR) is 77.7 cm³/mol. The summed E-state index contributed by atoms with van der Waals surface area (Å²) < 4.78 is 6.78. The number of nitrogens with one attached hydrogen (secondary N) is 1. The number of carbonyl (C=O) groups excluding carboxylic acids is 1. The molecule has 1 heterocycles. The van der Waals surface area contributed by atoms with Crippen molar-refractivity contribution in [1.82, 2.24) is 9.78 Å². The summed E-state index contributed by atoms with van der Waals surface area (Å²) in [5.74, 6) is -0.151. The summed E-state index contributed by atoms with van der Waals surface area (Å²) in [4.78, 5) is 12.3. The second-order valence-corrected chi connectivity index (χ2v) is 4.57. The number of aryl methyl sites for hydroxylation is 2. The van der Waals surface area contributed by atoms with Gasteiger partial charge in [-0.1, -0.05) is 12.1 Å². The molecule has 0 bridgehead atoms. The third kappa shape index (κ3) is 3.24. The van der Waals surface area contributed by atoms with Gasteiger partial charge in [0, 0.05) is 19.3 Å². The van der Waals surface area contributed by atoms with Gasteiger partial charge in [-0.05, 0) is 37.6 Å². The Morgan fingerprint density at radius 1 is 1.40 bits per heavy atom. The molecule has 2 rings (SSSR count). The highest BCUT2D eigenvalue weighted by Gasteiger charge is 2.13. The molecule has 20 heavy (non-hydrogen) atoms. The summed E-state index contributed by atoms with van der Waals surface area (Å²) >= 11 is 0. The summed E-state index contributed by atoms with van der Waals surface area (Å²) in [6, 6.07) is 9.40. The fourth-order valence-electron chi connectivity index (χ4n) is 2.07. The number of carbonyl (C=O) groups is 1. The van der Waals surface area contributed by atoms with E-state index < -0.39 is 0 Å². The van der Waals surface area contributed by atoms with Crippen molar-refractivity contribution in [3.8, 4) is 0 Å². The Kier molecular flexibility index (Phi) is 4.53. The van der Waals surface area contributed by atoms with Crippen molar-refractivity contribution in [1.29, 1.82) is 0 Å². The van der Waals surface area contributed by atoms with Crippen molar-refractivity contribution in [2.75, 3.05) is 12.4 Å². The molecule has 0 saturated carbocycles. The molecule has 5 heteroatoms. The molecule has 0 saturated heterocycles. The molecule has 0 aliphatic rings. The summed E-state index contributed by atoms with van der Waals surface area (Å²) in [7, 11) is 1.65. The van der Waals surface area contributed by atoms with Gasteiger partial charge in [-0.3, -0.25) is 9.48 Å². The molecule has 0 aliphatic carbocycles. The maximum atomic E-state index is 12.3. The lowest BCUT2D eigenvalue weighted by molar-refractivity contribution is 0.101. The average Bonchev–Trinajstić information content (AvgIpc) is 2.81. The van der Waals surface area contributed by atoms with E-state index in [9.17, 15) is 4.79 Å². The van der Waals surface area contributed by atoms with Crippen LogP contribution in [0.15, 0.2) is 30.3 Å². The lowest BCUT2D eigenvalue weighted by Crippen LogP contribution is -2.17. The van der Waals surface area contributed by atoms with Crippen molar-refractivity contribution in [2.45, 2.75) is 27.0 Å². The summed E-state index contributed by atoms with van der Waals surface area (Å²) in [5.41, 5.74) is 3.18. The van der Waals surface area contributed by atoms with Crippen LogP contribution in [-0.4, -0.2) is 22.8 Å². The first-order chi connectivity index (χ1) is 9.63. The number of anilines is 1. The minimum absolute atomic E-state index is 0.151. The van der Waals surface area contributed by atoms with Crippen molar-refractivity contribution in [2.24, 2.45) is 0 Å². The lowest BCUT2D eigenvalue weighted by Gasteiger charge is -2.08.